The molecule has 0 saturated carbocycles. The Bertz CT molecular complexity index is 1560. The fraction of sp³-hybridized carbons (Fsp3) is 0.222. The van der Waals surface area contributed by atoms with Crippen LogP contribution in [0.15, 0.2) is 77.9 Å². The summed E-state index contributed by atoms with van der Waals surface area (Å²) in [5.74, 6) is 0.621. The van der Waals surface area contributed by atoms with E-state index in [1.807, 2.05) is 37.4 Å². The predicted molar refractivity (Wildman–Crippen MR) is 138 cm³/mol. The van der Waals surface area contributed by atoms with Gasteiger partial charge < -0.3 is 15.0 Å². The van der Waals surface area contributed by atoms with E-state index in [0.717, 1.165) is 41.9 Å². The highest BCUT2D eigenvalue weighted by Crippen LogP contribution is 2.31. The second-order valence-corrected chi connectivity index (χ2v) is 8.60. The van der Waals surface area contributed by atoms with Gasteiger partial charge in [0, 0.05) is 55.2 Å². The Morgan fingerprint density at radius 3 is 2.77 bits per heavy atom. The highest BCUT2D eigenvalue weighted by Gasteiger charge is 2.23. The second kappa shape index (κ2) is 8.88. The average molecular weight is 467 g/mol. The first-order valence-electron chi connectivity index (χ1n) is 11.9. The minimum absolute atomic E-state index is 0.243. The summed E-state index contributed by atoms with van der Waals surface area (Å²) >= 11 is 0. The third-order valence-electron chi connectivity index (χ3n) is 6.52. The number of imidazole rings is 1. The number of piperazine rings is 1. The van der Waals surface area contributed by atoms with Gasteiger partial charge in [-0.2, -0.15) is 0 Å². The second-order valence-electron chi connectivity index (χ2n) is 8.60. The molecule has 8 heteroatoms. The Morgan fingerprint density at radius 1 is 1.06 bits per heavy atom. The summed E-state index contributed by atoms with van der Waals surface area (Å²) < 4.78 is 7.44. The Morgan fingerprint density at radius 2 is 1.91 bits per heavy atom. The summed E-state index contributed by atoms with van der Waals surface area (Å²) in [6, 6.07) is 20.5. The van der Waals surface area contributed by atoms with Gasteiger partial charge in [-0.05, 0) is 36.8 Å². The average Bonchev–Trinajstić information content (AvgIpc) is 3.25. The van der Waals surface area contributed by atoms with Crippen LogP contribution in [0.2, 0.25) is 0 Å². The summed E-state index contributed by atoms with van der Waals surface area (Å²) in [4.78, 5) is 27.2. The van der Waals surface area contributed by atoms with Crippen LogP contribution in [0.25, 0.3) is 27.8 Å². The van der Waals surface area contributed by atoms with E-state index in [9.17, 15) is 4.79 Å². The molecule has 1 aliphatic rings. The number of benzene rings is 2. The highest BCUT2D eigenvalue weighted by molar-refractivity contribution is 5.93. The summed E-state index contributed by atoms with van der Waals surface area (Å²) in [5.41, 5.74) is 4.89. The van der Waals surface area contributed by atoms with Crippen LogP contribution in [-0.2, 0) is 0 Å². The van der Waals surface area contributed by atoms with Crippen LogP contribution in [0.3, 0.4) is 0 Å². The van der Waals surface area contributed by atoms with E-state index in [2.05, 4.69) is 55.5 Å². The van der Waals surface area contributed by atoms with E-state index in [1.54, 1.807) is 16.8 Å². The van der Waals surface area contributed by atoms with E-state index in [-0.39, 0.29) is 11.7 Å². The molecule has 4 heterocycles. The molecule has 2 N–H and O–H groups in total. The van der Waals surface area contributed by atoms with Gasteiger partial charge in [-0.25, -0.2) is 9.78 Å². The van der Waals surface area contributed by atoms with Gasteiger partial charge in [0.15, 0.2) is 5.65 Å². The molecule has 0 spiro atoms. The quantitative estimate of drug-likeness (QED) is 0.410. The zero-order valence-corrected chi connectivity index (χ0v) is 19.4. The lowest BCUT2D eigenvalue weighted by Gasteiger charge is -2.36. The van der Waals surface area contributed by atoms with Crippen LogP contribution in [0.4, 0.5) is 5.69 Å². The van der Waals surface area contributed by atoms with Crippen LogP contribution in [0.5, 0.6) is 5.75 Å². The smallest absolute Gasteiger partial charge is 0.332 e. The number of aromatic amines is 1. The van der Waals surface area contributed by atoms with Crippen LogP contribution in [0, 0.1) is 0 Å². The molecule has 176 valence electrons. The van der Waals surface area contributed by atoms with Crippen molar-refractivity contribution in [2.45, 2.75) is 13.0 Å². The van der Waals surface area contributed by atoms with Crippen LogP contribution < -0.4 is 20.6 Å². The van der Waals surface area contributed by atoms with Crippen molar-refractivity contribution in [3.8, 4) is 11.4 Å². The molecule has 1 saturated heterocycles. The molecule has 0 radical (unpaired) electrons. The first-order chi connectivity index (χ1) is 17.2. The molecule has 0 amide bonds. The molecule has 35 heavy (non-hydrogen) atoms. The fourth-order valence-electron chi connectivity index (χ4n) is 4.93. The molecule has 0 aliphatic carbocycles. The topological polar surface area (TPSA) is 88.1 Å². The van der Waals surface area contributed by atoms with Gasteiger partial charge >= 0.3 is 5.69 Å². The lowest BCUT2D eigenvalue weighted by Crippen LogP contribution is -2.45. The number of rotatable bonds is 5. The predicted octanol–water partition coefficient (Wildman–Crippen LogP) is 3.81. The van der Waals surface area contributed by atoms with E-state index < -0.39 is 0 Å². The van der Waals surface area contributed by atoms with E-state index in [1.165, 1.54) is 5.56 Å². The lowest BCUT2D eigenvalue weighted by atomic mass is 10.0. The molecule has 1 unspecified atom stereocenters. The first kappa shape index (κ1) is 21.4. The maximum absolute atomic E-state index is 13.0. The summed E-state index contributed by atoms with van der Waals surface area (Å²) in [6.45, 7) is 5.03. The van der Waals surface area contributed by atoms with Crippen LogP contribution in [-0.4, -0.2) is 45.8 Å². The highest BCUT2D eigenvalue weighted by atomic mass is 16.5. The largest absolute Gasteiger partial charge is 0.491 e. The van der Waals surface area contributed by atoms with Crippen molar-refractivity contribution in [1.29, 1.82) is 0 Å². The van der Waals surface area contributed by atoms with Crippen LogP contribution >= 0.6 is 0 Å². The minimum atomic E-state index is -0.254. The molecule has 3 aromatic heterocycles. The van der Waals surface area contributed by atoms with Crippen molar-refractivity contribution < 1.29 is 4.74 Å². The van der Waals surface area contributed by atoms with E-state index >= 15 is 0 Å². The monoisotopic (exact) mass is 466 g/mol. The molecule has 1 fully saturated rings. The number of nitrogens with one attached hydrogen (secondary N) is 2. The summed E-state index contributed by atoms with van der Waals surface area (Å²) in [7, 11) is 0. The number of hydrogen-bond donors (Lipinski definition) is 2. The van der Waals surface area contributed by atoms with Crippen molar-refractivity contribution >= 4 is 27.8 Å². The number of aromatic nitrogens is 4. The van der Waals surface area contributed by atoms with Gasteiger partial charge in [0.1, 0.15) is 11.3 Å². The number of fused-ring (bicyclic) bond motifs is 2. The molecule has 6 rings (SSSR count). The summed E-state index contributed by atoms with van der Waals surface area (Å²) in [6.07, 6.45) is 3.50. The molecule has 8 nitrogen and oxygen atoms in total. The van der Waals surface area contributed by atoms with Gasteiger partial charge in [-0.1, -0.05) is 30.3 Å². The third-order valence-corrected chi connectivity index (χ3v) is 6.52. The lowest BCUT2D eigenvalue weighted by molar-refractivity contribution is 0.343. The van der Waals surface area contributed by atoms with Crippen molar-refractivity contribution in [2.75, 3.05) is 31.1 Å². The Balaban J connectivity index is 1.45. The Labute approximate surface area is 202 Å². The number of pyridine rings is 2. The van der Waals surface area contributed by atoms with Gasteiger partial charge in [0.05, 0.1) is 17.8 Å². The molecule has 0 bridgehead atoms. The van der Waals surface area contributed by atoms with E-state index in [0.29, 0.717) is 23.5 Å². The first-order valence-corrected chi connectivity index (χ1v) is 11.9. The Hall–Kier alpha value is -4.17. The zero-order chi connectivity index (χ0) is 23.8. The van der Waals surface area contributed by atoms with Crippen molar-refractivity contribution in [3.63, 3.8) is 0 Å². The normalized spacial score (nSPS) is 16.1. The van der Waals surface area contributed by atoms with Crippen molar-refractivity contribution in [3.05, 3.63) is 89.1 Å². The summed E-state index contributed by atoms with van der Waals surface area (Å²) in [5, 5.41) is 4.64. The molecule has 1 aliphatic heterocycles. The SMILES string of the molecule is CCOc1ccnc2[nH]c(=O)n(-c3ccc4nccc(N5CCNC(c6ccccc6)C5)c4c3)c12. The standard InChI is InChI=1S/C27H26N6O2/c1-2-35-24-11-13-30-26-25(24)33(27(34)31-26)19-8-9-21-20(16-19)23(10-12-28-21)32-15-14-29-22(17-32)18-6-4-3-5-7-18/h3-13,16,22,29H,2,14-15,17H2,1H3,(H,30,31,34). The van der Waals surface area contributed by atoms with Gasteiger partial charge in [-0.15, -0.1) is 0 Å². The van der Waals surface area contributed by atoms with Gasteiger partial charge in [0.2, 0.25) is 0 Å². The number of hydrogen-bond acceptors (Lipinski definition) is 6. The van der Waals surface area contributed by atoms with Gasteiger partial charge in [-0.3, -0.25) is 14.5 Å². The zero-order valence-electron chi connectivity index (χ0n) is 19.4. The van der Waals surface area contributed by atoms with Crippen molar-refractivity contribution in [1.82, 2.24) is 24.8 Å². The number of anilines is 1. The Kier molecular flexibility index (Phi) is 5.42. The fourth-order valence-corrected chi connectivity index (χ4v) is 4.93. The van der Waals surface area contributed by atoms with E-state index in [4.69, 9.17) is 4.74 Å². The maximum Gasteiger partial charge on any atom is 0.332 e. The third kappa shape index (κ3) is 3.81. The minimum Gasteiger partial charge on any atom is -0.491 e. The molecular weight excluding hydrogens is 440 g/mol. The number of nitrogens with zero attached hydrogens (tertiary/aromatic N) is 4. The molecule has 1 atom stereocenters. The van der Waals surface area contributed by atoms with Gasteiger partial charge in [0.25, 0.3) is 0 Å². The molecular formula is C27H26N6O2. The van der Waals surface area contributed by atoms with Crippen molar-refractivity contribution in [2.24, 2.45) is 0 Å². The van der Waals surface area contributed by atoms with Crippen LogP contribution in [0.1, 0.15) is 18.5 Å². The molecule has 5 aromatic rings. The number of H-pyrrole nitrogens is 1. The number of ether oxygens (including phenoxy) is 1. The molecule has 2 aromatic carbocycles. The maximum atomic E-state index is 13.0.